The minimum absolute atomic E-state index is 0.00968. The van der Waals surface area contributed by atoms with Crippen LogP contribution in [0.4, 0.5) is 8.78 Å². The molecule has 1 atom stereocenters. The van der Waals surface area contributed by atoms with Gasteiger partial charge < -0.3 is 5.32 Å². The second kappa shape index (κ2) is 5.65. The highest BCUT2D eigenvalue weighted by Crippen LogP contribution is 2.15. The quantitative estimate of drug-likeness (QED) is 0.841. The lowest BCUT2D eigenvalue weighted by molar-refractivity contribution is -0.122. The van der Waals surface area contributed by atoms with Gasteiger partial charge in [0.05, 0.1) is 17.3 Å². The maximum absolute atomic E-state index is 13.0. The van der Waals surface area contributed by atoms with Gasteiger partial charge in [-0.05, 0) is 38.5 Å². The Morgan fingerprint density at radius 3 is 2.50 bits per heavy atom. The Morgan fingerprint density at radius 2 is 2.00 bits per heavy atom. The Kier molecular flexibility index (Phi) is 4.68. The van der Waals surface area contributed by atoms with Crippen LogP contribution in [0, 0.1) is 11.6 Å². The average molecular weight is 276 g/mol. The van der Waals surface area contributed by atoms with Crippen molar-refractivity contribution in [1.29, 1.82) is 0 Å². The number of rotatable bonds is 4. The molecule has 0 spiro atoms. The Labute approximate surface area is 110 Å². The molecule has 1 aromatic carbocycles. The average Bonchev–Trinajstić information content (AvgIpc) is 2.22. The molecular weight excluding hydrogens is 260 g/mol. The summed E-state index contributed by atoms with van der Waals surface area (Å²) >= 11 is 5.94. The molecule has 0 saturated heterocycles. The van der Waals surface area contributed by atoms with Crippen molar-refractivity contribution in [3.8, 4) is 0 Å². The molecule has 0 radical (unpaired) electrons. The molecule has 2 nitrogen and oxygen atoms in total. The zero-order chi connectivity index (χ0) is 13.9. The van der Waals surface area contributed by atoms with Gasteiger partial charge in [0, 0.05) is 0 Å². The van der Waals surface area contributed by atoms with Crippen LogP contribution in [0.3, 0.4) is 0 Å². The van der Waals surface area contributed by atoms with E-state index in [1.807, 2.05) is 0 Å². The first kappa shape index (κ1) is 14.9. The Bertz CT molecular complexity index is 447. The summed E-state index contributed by atoms with van der Waals surface area (Å²) in [6.45, 7) is 5.38. The largest absolute Gasteiger partial charge is 0.349 e. The number of hydrogen-bond acceptors (Lipinski definition) is 1. The van der Waals surface area contributed by atoms with Crippen molar-refractivity contribution < 1.29 is 13.6 Å². The summed E-state index contributed by atoms with van der Waals surface area (Å²) in [5.74, 6) is -2.15. The first-order chi connectivity index (χ1) is 8.22. The van der Waals surface area contributed by atoms with Crippen LogP contribution in [0.2, 0.25) is 0 Å². The summed E-state index contributed by atoms with van der Waals surface area (Å²) in [6.07, 6.45) is -0.00968. The van der Waals surface area contributed by atoms with E-state index >= 15 is 0 Å². The predicted octanol–water partition coefficient (Wildman–Crippen LogP) is 3.03. The van der Waals surface area contributed by atoms with Crippen LogP contribution in [-0.2, 0) is 11.2 Å². The fourth-order valence-electron chi connectivity index (χ4n) is 1.34. The van der Waals surface area contributed by atoms with Crippen molar-refractivity contribution in [3.05, 3.63) is 35.4 Å². The SMILES string of the molecule is CC(Cl)C(C)(C)NC(=O)Cc1ccc(F)c(F)c1. The molecule has 0 aliphatic rings. The Balaban J connectivity index is 2.68. The van der Waals surface area contributed by atoms with Gasteiger partial charge in [-0.25, -0.2) is 8.78 Å². The summed E-state index contributed by atoms with van der Waals surface area (Å²) in [6, 6.07) is 3.41. The maximum Gasteiger partial charge on any atom is 0.224 e. The molecule has 1 amide bonds. The van der Waals surface area contributed by atoms with E-state index < -0.39 is 17.2 Å². The van der Waals surface area contributed by atoms with Crippen molar-refractivity contribution in [2.75, 3.05) is 0 Å². The smallest absolute Gasteiger partial charge is 0.224 e. The van der Waals surface area contributed by atoms with Gasteiger partial charge in [-0.3, -0.25) is 4.79 Å². The second-order valence-electron chi connectivity index (χ2n) is 4.81. The lowest BCUT2D eigenvalue weighted by atomic mass is 10.0. The summed E-state index contributed by atoms with van der Waals surface area (Å²) in [7, 11) is 0. The van der Waals surface area contributed by atoms with Gasteiger partial charge in [0.1, 0.15) is 0 Å². The topological polar surface area (TPSA) is 29.1 Å². The van der Waals surface area contributed by atoms with E-state index in [0.717, 1.165) is 12.1 Å². The number of alkyl halides is 1. The number of benzene rings is 1. The van der Waals surface area contributed by atoms with Crippen LogP contribution < -0.4 is 5.32 Å². The van der Waals surface area contributed by atoms with Gasteiger partial charge in [-0.15, -0.1) is 11.6 Å². The highest BCUT2D eigenvalue weighted by molar-refractivity contribution is 6.21. The summed E-state index contributed by atoms with van der Waals surface area (Å²) in [4.78, 5) is 11.7. The van der Waals surface area contributed by atoms with Gasteiger partial charge in [-0.1, -0.05) is 6.07 Å². The van der Waals surface area contributed by atoms with E-state index in [-0.39, 0.29) is 17.7 Å². The molecule has 1 aromatic rings. The van der Waals surface area contributed by atoms with E-state index in [2.05, 4.69) is 5.32 Å². The molecule has 100 valence electrons. The van der Waals surface area contributed by atoms with Gasteiger partial charge >= 0.3 is 0 Å². The van der Waals surface area contributed by atoms with Crippen molar-refractivity contribution in [2.24, 2.45) is 0 Å². The number of carbonyl (C=O) groups is 1. The zero-order valence-corrected chi connectivity index (χ0v) is 11.3. The number of hydrogen-bond donors (Lipinski definition) is 1. The second-order valence-corrected chi connectivity index (χ2v) is 5.47. The lowest BCUT2D eigenvalue weighted by Crippen LogP contribution is -2.49. The molecule has 1 rings (SSSR count). The van der Waals surface area contributed by atoms with Crippen molar-refractivity contribution in [2.45, 2.75) is 38.1 Å². The third-order valence-corrected chi connectivity index (χ3v) is 3.35. The van der Waals surface area contributed by atoms with E-state index in [1.165, 1.54) is 6.07 Å². The van der Waals surface area contributed by atoms with Crippen LogP contribution in [0.1, 0.15) is 26.3 Å². The molecule has 0 aliphatic carbocycles. The fraction of sp³-hybridized carbons (Fsp3) is 0.462. The Hall–Kier alpha value is -1.16. The molecule has 0 heterocycles. The molecule has 0 bridgehead atoms. The van der Waals surface area contributed by atoms with Crippen LogP contribution in [-0.4, -0.2) is 16.8 Å². The standard InChI is InChI=1S/C13H16ClF2NO/c1-8(14)13(2,3)17-12(18)7-9-4-5-10(15)11(16)6-9/h4-6,8H,7H2,1-3H3,(H,17,18). The first-order valence-electron chi connectivity index (χ1n) is 5.61. The molecular formula is C13H16ClF2NO. The monoisotopic (exact) mass is 275 g/mol. The van der Waals surface area contributed by atoms with E-state index in [4.69, 9.17) is 11.6 Å². The molecule has 0 aromatic heterocycles. The van der Waals surface area contributed by atoms with Gasteiger partial charge in [-0.2, -0.15) is 0 Å². The van der Waals surface area contributed by atoms with Crippen molar-refractivity contribution in [1.82, 2.24) is 5.32 Å². The number of nitrogens with one attached hydrogen (secondary N) is 1. The zero-order valence-electron chi connectivity index (χ0n) is 10.6. The molecule has 18 heavy (non-hydrogen) atoms. The summed E-state index contributed by atoms with van der Waals surface area (Å²) in [5, 5.41) is 2.51. The third-order valence-electron chi connectivity index (χ3n) is 2.80. The van der Waals surface area contributed by atoms with Gasteiger partial charge in [0.25, 0.3) is 0 Å². The van der Waals surface area contributed by atoms with Crippen LogP contribution in [0.5, 0.6) is 0 Å². The molecule has 0 aliphatic heterocycles. The minimum Gasteiger partial charge on any atom is -0.349 e. The normalized spacial score (nSPS) is 13.2. The number of halogens is 3. The fourth-order valence-corrected chi connectivity index (χ4v) is 1.39. The Morgan fingerprint density at radius 1 is 1.39 bits per heavy atom. The number of amides is 1. The van der Waals surface area contributed by atoms with E-state index in [0.29, 0.717) is 5.56 Å². The summed E-state index contributed by atoms with van der Waals surface area (Å²) < 4.78 is 25.7. The van der Waals surface area contributed by atoms with Crippen LogP contribution >= 0.6 is 11.6 Å². The summed E-state index contributed by atoms with van der Waals surface area (Å²) in [5.41, 5.74) is -0.138. The van der Waals surface area contributed by atoms with E-state index in [9.17, 15) is 13.6 Å². The third kappa shape index (κ3) is 3.95. The first-order valence-corrected chi connectivity index (χ1v) is 6.05. The maximum atomic E-state index is 13.0. The molecule has 5 heteroatoms. The highest BCUT2D eigenvalue weighted by atomic mass is 35.5. The molecule has 1 unspecified atom stereocenters. The number of carbonyl (C=O) groups excluding carboxylic acids is 1. The van der Waals surface area contributed by atoms with Gasteiger partial charge in [0.2, 0.25) is 5.91 Å². The molecule has 1 N–H and O–H groups in total. The van der Waals surface area contributed by atoms with E-state index in [1.54, 1.807) is 20.8 Å². The lowest BCUT2D eigenvalue weighted by Gasteiger charge is -2.29. The van der Waals surface area contributed by atoms with Crippen molar-refractivity contribution >= 4 is 17.5 Å². The highest BCUT2D eigenvalue weighted by Gasteiger charge is 2.25. The van der Waals surface area contributed by atoms with Crippen molar-refractivity contribution in [3.63, 3.8) is 0 Å². The minimum atomic E-state index is -0.953. The van der Waals surface area contributed by atoms with Crippen LogP contribution in [0.15, 0.2) is 18.2 Å². The predicted molar refractivity (Wildman–Crippen MR) is 67.6 cm³/mol. The van der Waals surface area contributed by atoms with Gasteiger partial charge in [0.15, 0.2) is 11.6 Å². The molecule has 0 fully saturated rings. The van der Waals surface area contributed by atoms with Crippen LogP contribution in [0.25, 0.3) is 0 Å². The molecule has 0 saturated carbocycles.